The number of thiophene rings is 1. The van der Waals surface area contributed by atoms with Crippen LogP contribution in [-0.4, -0.2) is 60.8 Å². The first kappa shape index (κ1) is 18.3. The third kappa shape index (κ3) is 4.04. The van der Waals surface area contributed by atoms with E-state index in [-0.39, 0.29) is 23.1 Å². The van der Waals surface area contributed by atoms with Gasteiger partial charge in [0.15, 0.2) is 0 Å². The predicted molar refractivity (Wildman–Crippen MR) is 93.0 cm³/mol. The lowest BCUT2D eigenvalue weighted by Gasteiger charge is -2.30. The van der Waals surface area contributed by atoms with Crippen molar-refractivity contribution in [3.63, 3.8) is 0 Å². The molecule has 25 heavy (non-hydrogen) atoms. The van der Waals surface area contributed by atoms with E-state index in [1.807, 2.05) is 0 Å². The molecule has 3 rings (SSSR count). The average molecular weight is 386 g/mol. The Morgan fingerprint density at radius 1 is 1.16 bits per heavy atom. The van der Waals surface area contributed by atoms with Gasteiger partial charge in [-0.3, -0.25) is 9.59 Å². The first-order valence-electron chi connectivity index (χ1n) is 8.47. The minimum Gasteiger partial charge on any atom is -0.481 e. The lowest BCUT2D eigenvalue weighted by molar-refractivity contribution is -0.145. The molecular formula is C16H22N2O5S2. The van der Waals surface area contributed by atoms with E-state index in [1.165, 1.54) is 4.31 Å². The fourth-order valence-electron chi connectivity index (χ4n) is 3.31. The highest BCUT2D eigenvalue weighted by atomic mass is 32.2. The monoisotopic (exact) mass is 386 g/mol. The molecule has 7 nitrogen and oxygen atoms in total. The van der Waals surface area contributed by atoms with E-state index in [0.717, 1.165) is 24.2 Å². The topological polar surface area (TPSA) is 95.0 Å². The first-order chi connectivity index (χ1) is 11.9. The summed E-state index contributed by atoms with van der Waals surface area (Å²) in [7, 11) is -3.45. The fourth-order valence-corrected chi connectivity index (χ4v) is 6.33. The quantitative estimate of drug-likeness (QED) is 0.825. The van der Waals surface area contributed by atoms with Gasteiger partial charge in [-0.25, -0.2) is 8.42 Å². The molecule has 2 saturated heterocycles. The summed E-state index contributed by atoms with van der Waals surface area (Å²) in [6, 6.07) is 3.25. The van der Waals surface area contributed by atoms with Crippen molar-refractivity contribution in [1.29, 1.82) is 0 Å². The number of carbonyl (C=O) groups is 2. The molecule has 9 heteroatoms. The maximum absolute atomic E-state index is 12.5. The van der Waals surface area contributed by atoms with Crippen LogP contribution < -0.4 is 0 Å². The summed E-state index contributed by atoms with van der Waals surface area (Å²) in [4.78, 5) is 25.8. The van der Waals surface area contributed by atoms with Gasteiger partial charge >= 0.3 is 5.97 Å². The smallest absolute Gasteiger partial charge is 0.308 e. The molecule has 0 aliphatic carbocycles. The van der Waals surface area contributed by atoms with Crippen molar-refractivity contribution in [3.05, 3.63) is 17.0 Å². The first-order valence-corrected chi connectivity index (χ1v) is 10.7. The van der Waals surface area contributed by atoms with Crippen LogP contribution in [0.4, 0.5) is 0 Å². The van der Waals surface area contributed by atoms with Crippen LogP contribution in [0, 0.1) is 5.92 Å². The van der Waals surface area contributed by atoms with Crippen molar-refractivity contribution < 1.29 is 23.1 Å². The lowest BCUT2D eigenvalue weighted by atomic mass is 9.98. The van der Waals surface area contributed by atoms with E-state index in [2.05, 4.69) is 0 Å². The molecule has 2 fully saturated rings. The number of sulfonamides is 1. The van der Waals surface area contributed by atoms with Crippen LogP contribution in [0.1, 0.15) is 30.6 Å². The Morgan fingerprint density at radius 2 is 1.88 bits per heavy atom. The van der Waals surface area contributed by atoms with Gasteiger partial charge in [-0.05, 0) is 37.8 Å². The van der Waals surface area contributed by atoms with E-state index in [9.17, 15) is 18.0 Å². The second-order valence-electron chi connectivity index (χ2n) is 6.53. The largest absolute Gasteiger partial charge is 0.481 e. The standard InChI is InChI=1S/C16H22N2O5S2/c19-14(17-7-3-4-12(11-17)16(20)21)10-13-5-6-15(24-13)25(22,23)18-8-1-2-9-18/h5-6,12H,1-4,7-11H2,(H,20,21)/t12-/m0/s1. The highest BCUT2D eigenvalue weighted by Gasteiger charge is 2.30. The van der Waals surface area contributed by atoms with Crippen molar-refractivity contribution in [2.75, 3.05) is 26.2 Å². The zero-order valence-electron chi connectivity index (χ0n) is 13.9. The Balaban J connectivity index is 1.65. The molecule has 0 spiro atoms. The molecule has 1 amide bonds. The summed E-state index contributed by atoms with van der Waals surface area (Å²) < 4.78 is 26.8. The van der Waals surface area contributed by atoms with Gasteiger partial charge in [-0.15, -0.1) is 11.3 Å². The molecule has 3 heterocycles. The molecule has 138 valence electrons. The highest BCUT2D eigenvalue weighted by Crippen LogP contribution is 2.28. The molecule has 0 bridgehead atoms. The van der Waals surface area contributed by atoms with Crippen LogP contribution in [-0.2, 0) is 26.0 Å². The zero-order valence-corrected chi connectivity index (χ0v) is 15.5. The van der Waals surface area contributed by atoms with Crippen LogP contribution in [0.3, 0.4) is 0 Å². The van der Waals surface area contributed by atoms with Gasteiger partial charge < -0.3 is 10.0 Å². The number of rotatable bonds is 5. The van der Waals surface area contributed by atoms with Gasteiger partial charge in [0.05, 0.1) is 12.3 Å². The summed E-state index contributed by atoms with van der Waals surface area (Å²) in [5.74, 6) is -1.52. The van der Waals surface area contributed by atoms with Crippen molar-refractivity contribution in [2.45, 2.75) is 36.3 Å². The summed E-state index contributed by atoms with van der Waals surface area (Å²) in [5.41, 5.74) is 0. The lowest BCUT2D eigenvalue weighted by Crippen LogP contribution is -2.42. The van der Waals surface area contributed by atoms with Crippen LogP contribution >= 0.6 is 11.3 Å². The molecule has 0 aromatic carbocycles. The maximum atomic E-state index is 12.5. The van der Waals surface area contributed by atoms with Crippen molar-refractivity contribution in [3.8, 4) is 0 Å². The van der Waals surface area contributed by atoms with Crippen molar-refractivity contribution in [2.24, 2.45) is 5.92 Å². The molecule has 2 aliphatic rings. The van der Waals surface area contributed by atoms with Gasteiger partial charge in [0, 0.05) is 31.1 Å². The van der Waals surface area contributed by atoms with Gasteiger partial charge in [-0.1, -0.05) is 0 Å². The third-order valence-electron chi connectivity index (χ3n) is 4.74. The molecular weight excluding hydrogens is 364 g/mol. The van der Waals surface area contributed by atoms with Crippen molar-refractivity contribution >= 4 is 33.2 Å². The minimum absolute atomic E-state index is 0.118. The van der Waals surface area contributed by atoms with Crippen molar-refractivity contribution in [1.82, 2.24) is 9.21 Å². The molecule has 0 unspecified atom stereocenters. The number of hydrogen-bond donors (Lipinski definition) is 1. The van der Waals surface area contributed by atoms with Crippen LogP contribution in [0.5, 0.6) is 0 Å². The molecule has 2 aliphatic heterocycles. The average Bonchev–Trinajstić information content (AvgIpc) is 3.27. The van der Waals surface area contributed by atoms with Crippen LogP contribution in [0.25, 0.3) is 0 Å². The third-order valence-corrected chi connectivity index (χ3v) is 8.20. The van der Waals surface area contributed by atoms with E-state index in [0.29, 0.717) is 37.4 Å². The Bertz CT molecular complexity index is 752. The van der Waals surface area contributed by atoms with E-state index in [1.54, 1.807) is 17.0 Å². The van der Waals surface area contributed by atoms with Gasteiger partial charge in [0.2, 0.25) is 5.91 Å². The minimum atomic E-state index is -3.45. The second-order valence-corrected chi connectivity index (χ2v) is 9.86. The molecule has 1 N–H and O–H groups in total. The Hall–Kier alpha value is -1.45. The number of piperidine rings is 1. The number of nitrogens with zero attached hydrogens (tertiary/aromatic N) is 2. The van der Waals surface area contributed by atoms with Crippen LogP contribution in [0.2, 0.25) is 0 Å². The molecule has 1 atom stereocenters. The molecule has 0 radical (unpaired) electrons. The van der Waals surface area contributed by atoms with Gasteiger partial charge in [-0.2, -0.15) is 4.31 Å². The number of likely N-dealkylation sites (tertiary alicyclic amines) is 1. The number of carboxylic acid groups (broad SMARTS) is 1. The summed E-state index contributed by atoms with van der Waals surface area (Å²) in [5, 5.41) is 9.12. The second kappa shape index (κ2) is 7.43. The number of carbonyl (C=O) groups excluding carboxylic acids is 1. The maximum Gasteiger partial charge on any atom is 0.308 e. The van der Waals surface area contributed by atoms with Gasteiger partial charge in [0.1, 0.15) is 4.21 Å². The molecule has 0 saturated carbocycles. The SMILES string of the molecule is O=C(O)[C@H]1CCCN(C(=O)Cc2ccc(S(=O)(=O)N3CCCC3)s2)C1. The Kier molecular flexibility index (Phi) is 5.45. The number of amides is 1. The summed E-state index contributed by atoms with van der Waals surface area (Å²) in [6.07, 6.45) is 3.16. The van der Waals surface area contributed by atoms with E-state index in [4.69, 9.17) is 5.11 Å². The number of aliphatic carboxylic acids is 1. The predicted octanol–water partition coefficient (Wildman–Crippen LogP) is 1.40. The van der Waals surface area contributed by atoms with E-state index >= 15 is 0 Å². The zero-order chi connectivity index (χ0) is 18.0. The van der Waals surface area contributed by atoms with Gasteiger partial charge in [0.25, 0.3) is 10.0 Å². The molecule has 1 aromatic rings. The summed E-state index contributed by atoms with van der Waals surface area (Å²) in [6.45, 7) is 1.91. The fraction of sp³-hybridized carbons (Fsp3) is 0.625. The number of hydrogen-bond acceptors (Lipinski definition) is 5. The summed E-state index contributed by atoms with van der Waals surface area (Å²) >= 11 is 1.13. The Morgan fingerprint density at radius 3 is 2.56 bits per heavy atom. The molecule has 1 aromatic heterocycles. The normalized spacial score (nSPS) is 22.2. The van der Waals surface area contributed by atoms with Crippen LogP contribution in [0.15, 0.2) is 16.3 Å². The van der Waals surface area contributed by atoms with E-state index < -0.39 is 21.9 Å². The Labute approximate surface area is 151 Å². The number of carboxylic acids is 1. The highest BCUT2D eigenvalue weighted by molar-refractivity contribution is 7.91.